The Morgan fingerprint density at radius 2 is 1.66 bits per heavy atom. The van der Waals surface area contributed by atoms with Crippen molar-refractivity contribution < 1.29 is 19.4 Å². The predicted octanol–water partition coefficient (Wildman–Crippen LogP) is -0.297. The predicted molar refractivity (Wildman–Crippen MR) is 110 cm³/mol. The fourth-order valence-corrected chi connectivity index (χ4v) is 4.43. The number of imide groups is 1. The van der Waals surface area contributed by atoms with Gasteiger partial charge >= 0.3 is 6.03 Å². The van der Waals surface area contributed by atoms with Crippen LogP contribution in [0.1, 0.15) is 23.6 Å². The minimum atomic E-state index is -0.976. The summed E-state index contributed by atoms with van der Waals surface area (Å²) >= 11 is 0. The summed E-state index contributed by atoms with van der Waals surface area (Å²) in [6, 6.07) is 17.9. The van der Waals surface area contributed by atoms with Gasteiger partial charge in [-0.25, -0.2) is 9.69 Å². The number of piperazine rings is 1. The number of hydrogen-bond acceptors (Lipinski definition) is 2. The van der Waals surface area contributed by atoms with Gasteiger partial charge in [0.05, 0.1) is 0 Å². The molecule has 3 N–H and O–H groups in total. The molecule has 2 aromatic carbocycles. The summed E-state index contributed by atoms with van der Waals surface area (Å²) in [4.78, 5) is 29.9. The lowest BCUT2D eigenvalue weighted by Crippen LogP contribution is -3.28. The van der Waals surface area contributed by atoms with Gasteiger partial charge < -0.3 is 15.1 Å². The average molecular weight is 395 g/mol. The van der Waals surface area contributed by atoms with Crippen LogP contribution in [0.4, 0.5) is 4.79 Å². The summed E-state index contributed by atoms with van der Waals surface area (Å²) < 4.78 is 0. The highest BCUT2D eigenvalue weighted by Gasteiger charge is 2.50. The van der Waals surface area contributed by atoms with Crippen LogP contribution in [-0.4, -0.2) is 49.7 Å². The lowest BCUT2D eigenvalue weighted by atomic mass is 9.92. The van der Waals surface area contributed by atoms with Crippen LogP contribution in [0.2, 0.25) is 0 Å². The van der Waals surface area contributed by atoms with Crippen molar-refractivity contribution in [1.82, 2.24) is 10.2 Å². The number of rotatable bonds is 5. The zero-order chi connectivity index (χ0) is 20.4. The van der Waals surface area contributed by atoms with Crippen LogP contribution in [0, 0.1) is 6.92 Å². The first-order chi connectivity index (χ1) is 14.0. The second-order valence-electron chi connectivity index (χ2n) is 8.48. The SMILES string of the molecule is Cc1cccc(C[NH+]2CC[NH+](CN3C(=O)N[C@@](C)(c4ccccc4)C3=O)CC2)c1. The van der Waals surface area contributed by atoms with E-state index in [4.69, 9.17) is 0 Å². The molecular weight excluding hydrogens is 364 g/mol. The molecule has 2 heterocycles. The highest BCUT2D eigenvalue weighted by Crippen LogP contribution is 2.27. The Bertz CT molecular complexity index is 893. The van der Waals surface area contributed by atoms with E-state index >= 15 is 0 Å². The molecule has 3 amide bonds. The zero-order valence-electron chi connectivity index (χ0n) is 17.2. The van der Waals surface area contributed by atoms with Gasteiger partial charge in [-0.1, -0.05) is 60.2 Å². The van der Waals surface area contributed by atoms with E-state index in [-0.39, 0.29) is 11.9 Å². The minimum absolute atomic E-state index is 0.157. The molecule has 2 aliphatic heterocycles. The van der Waals surface area contributed by atoms with Gasteiger partial charge in [-0.05, 0) is 19.4 Å². The van der Waals surface area contributed by atoms with E-state index < -0.39 is 5.54 Å². The summed E-state index contributed by atoms with van der Waals surface area (Å²) in [5, 5.41) is 2.90. The number of urea groups is 1. The van der Waals surface area contributed by atoms with Crippen molar-refractivity contribution in [3.63, 3.8) is 0 Å². The van der Waals surface area contributed by atoms with Gasteiger partial charge in [0.1, 0.15) is 38.3 Å². The normalized spacial score (nSPS) is 27.2. The van der Waals surface area contributed by atoms with Crippen molar-refractivity contribution in [2.75, 3.05) is 32.8 Å². The second-order valence-corrected chi connectivity index (χ2v) is 8.48. The number of quaternary nitrogens is 2. The number of aryl methyl sites for hydroxylation is 1. The van der Waals surface area contributed by atoms with Gasteiger partial charge in [-0.3, -0.25) is 4.79 Å². The van der Waals surface area contributed by atoms with Gasteiger partial charge in [0, 0.05) is 5.56 Å². The number of nitrogens with one attached hydrogen (secondary N) is 3. The molecular formula is C23H30N4O2+2. The molecule has 4 rings (SSSR count). The van der Waals surface area contributed by atoms with Gasteiger partial charge in [0.15, 0.2) is 6.67 Å². The Morgan fingerprint density at radius 1 is 0.966 bits per heavy atom. The van der Waals surface area contributed by atoms with E-state index in [9.17, 15) is 9.59 Å². The maximum absolute atomic E-state index is 13.1. The molecule has 0 spiro atoms. The molecule has 0 unspecified atom stereocenters. The summed E-state index contributed by atoms with van der Waals surface area (Å²) in [7, 11) is 0. The van der Waals surface area contributed by atoms with Crippen molar-refractivity contribution >= 4 is 11.9 Å². The molecule has 2 aliphatic rings. The third kappa shape index (κ3) is 4.04. The monoisotopic (exact) mass is 394 g/mol. The molecule has 1 atom stereocenters. The second kappa shape index (κ2) is 7.97. The fourth-order valence-electron chi connectivity index (χ4n) is 4.43. The zero-order valence-corrected chi connectivity index (χ0v) is 17.2. The van der Waals surface area contributed by atoms with Crippen molar-refractivity contribution in [1.29, 1.82) is 0 Å². The molecule has 0 bridgehead atoms. The van der Waals surface area contributed by atoms with Gasteiger partial charge in [-0.2, -0.15) is 0 Å². The van der Waals surface area contributed by atoms with Crippen LogP contribution >= 0.6 is 0 Å². The van der Waals surface area contributed by atoms with E-state index in [0.717, 1.165) is 38.3 Å². The highest BCUT2D eigenvalue weighted by molar-refractivity contribution is 6.07. The van der Waals surface area contributed by atoms with Crippen LogP contribution in [0.3, 0.4) is 0 Å². The maximum atomic E-state index is 13.1. The highest BCUT2D eigenvalue weighted by atomic mass is 16.2. The van der Waals surface area contributed by atoms with Crippen LogP contribution in [0.15, 0.2) is 54.6 Å². The summed E-state index contributed by atoms with van der Waals surface area (Å²) in [6.07, 6.45) is 0. The Balaban J connectivity index is 1.35. The van der Waals surface area contributed by atoms with E-state index in [1.54, 1.807) is 11.8 Å². The minimum Gasteiger partial charge on any atom is -0.322 e. The van der Waals surface area contributed by atoms with Gasteiger partial charge in [0.2, 0.25) is 0 Å². The van der Waals surface area contributed by atoms with Gasteiger partial charge in [-0.15, -0.1) is 0 Å². The Kier molecular flexibility index (Phi) is 5.39. The smallest absolute Gasteiger partial charge is 0.322 e. The molecule has 0 radical (unpaired) electrons. The van der Waals surface area contributed by atoms with Gasteiger partial charge in [0.25, 0.3) is 5.91 Å². The molecule has 6 nitrogen and oxygen atoms in total. The molecule has 2 fully saturated rings. The summed E-state index contributed by atoms with van der Waals surface area (Å²) in [6.45, 7) is 9.39. The molecule has 6 heteroatoms. The summed E-state index contributed by atoms with van der Waals surface area (Å²) in [5.74, 6) is -0.157. The first kappa shape index (κ1) is 19.6. The van der Waals surface area contributed by atoms with Crippen molar-refractivity contribution in [3.05, 3.63) is 71.3 Å². The number of carbonyl (C=O) groups is 2. The van der Waals surface area contributed by atoms with Crippen molar-refractivity contribution in [2.24, 2.45) is 0 Å². The number of amides is 3. The number of hydrogen-bond donors (Lipinski definition) is 3. The molecule has 29 heavy (non-hydrogen) atoms. The van der Waals surface area contributed by atoms with E-state index in [1.807, 2.05) is 30.3 Å². The van der Waals surface area contributed by atoms with E-state index in [0.29, 0.717) is 6.67 Å². The van der Waals surface area contributed by atoms with Crippen LogP contribution < -0.4 is 15.1 Å². The first-order valence-corrected chi connectivity index (χ1v) is 10.4. The fraction of sp³-hybridized carbons (Fsp3) is 0.391. The summed E-state index contributed by atoms with van der Waals surface area (Å²) in [5.41, 5.74) is 2.52. The molecule has 0 saturated carbocycles. The maximum Gasteiger partial charge on any atom is 0.329 e. The molecule has 2 saturated heterocycles. The topological polar surface area (TPSA) is 58.3 Å². The largest absolute Gasteiger partial charge is 0.329 e. The van der Waals surface area contributed by atoms with Crippen LogP contribution in [0.25, 0.3) is 0 Å². The Morgan fingerprint density at radius 3 is 2.34 bits per heavy atom. The van der Waals surface area contributed by atoms with Crippen molar-refractivity contribution in [2.45, 2.75) is 25.9 Å². The lowest BCUT2D eigenvalue weighted by Gasteiger charge is -2.31. The quantitative estimate of drug-likeness (QED) is 0.610. The van der Waals surface area contributed by atoms with Crippen LogP contribution in [-0.2, 0) is 16.9 Å². The Hall–Kier alpha value is -2.70. The molecule has 2 aromatic rings. The number of carbonyl (C=O) groups excluding carboxylic acids is 2. The third-order valence-corrected chi connectivity index (χ3v) is 6.21. The van der Waals surface area contributed by atoms with Crippen molar-refractivity contribution in [3.8, 4) is 0 Å². The molecule has 152 valence electrons. The number of nitrogens with zero attached hydrogens (tertiary/aromatic N) is 1. The lowest BCUT2D eigenvalue weighted by molar-refractivity contribution is -1.02. The molecule has 0 aromatic heterocycles. The molecule has 0 aliphatic carbocycles. The van der Waals surface area contributed by atoms with Crippen LogP contribution in [0.5, 0.6) is 0 Å². The average Bonchev–Trinajstić information content (AvgIpc) is 2.94. The third-order valence-electron chi connectivity index (χ3n) is 6.21. The number of benzene rings is 2. The Labute approximate surface area is 172 Å². The van der Waals surface area contributed by atoms with E-state index in [1.165, 1.54) is 20.9 Å². The first-order valence-electron chi connectivity index (χ1n) is 10.4. The van der Waals surface area contributed by atoms with E-state index in [2.05, 4.69) is 36.5 Å². The standard InChI is InChI=1S/C23H28N4O2/c1-18-7-6-8-19(15-18)16-25-11-13-26(14-12-25)17-27-21(28)23(2,24-22(27)29)20-9-4-3-5-10-20/h3-10,15H,11-14,16-17H2,1-2H3,(H,24,29)/p+2/t23-/m0/s1.